The number of halogens is 1. The van der Waals surface area contributed by atoms with Gasteiger partial charge in [-0.25, -0.2) is 4.98 Å². The smallest absolute Gasteiger partial charge is 0.250 e. The summed E-state index contributed by atoms with van der Waals surface area (Å²) < 4.78 is 29.6. The number of rotatable bonds is 23. The van der Waals surface area contributed by atoms with Crippen LogP contribution in [0.2, 0.25) is 5.02 Å². The zero-order valence-electron chi connectivity index (χ0n) is 29.6. The third kappa shape index (κ3) is 9.81. The summed E-state index contributed by atoms with van der Waals surface area (Å²) >= 11 is 7.70. The van der Waals surface area contributed by atoms with E-state index in [0.717, 1.165) is 41.0 Å². The molecule has 1 aromatic carbocycles. The van der Waals surface area contributed by atoms with Gasteiger partial charge in [-0.05, 0) is 60.4 Å². The molecule has 3 aromatic rings. The van der Waals surface area contributed by atoms with Crippen LogP contribution in [0.3, 0.4) is 0 Å². The highest BCUT2D eigenvalue weighted by Gasteiger charge is 2.59. The van der Waals surface area contributed by atoms with E-state index in [1.165, 1.54) is 11.8 Å². The van der Waals surface area contributed by atoms with E-state index in [1.54, 1.807) is 39.9 Å². The fourth-order valence-corrected chi connectivity index (χ4v) is 6.87. The van der Waals surface area contributed by atoms with Gasteiger partial charge in [-0.15, -0.1) is 18.2 Å². The number of aryl methyl sites for hydroxylation is 1. The van der Waals surface area contributed by atoms with Crippen LogP contribution in [-0.2, 0) is 51.8 Å². The first kappa shape index (κ1) is 39.5. The number of thioether (sulfide) groups is 1. The number of anilines is 1. The molecule has 0 atom stereocenters. The number of hydrogen-bond acceptors (Lipinski definition) is 10. The Morgan fingerprint density at radius 3 is 2.37 bits per heavy atom. The predicted molar refractivity (Wildman–Crippen MR) is 202 cm³/mol. The van der Waals surface area contributed by atoms with Crippen molar-refractivity contribution < 1.29 is 33.3 Å². The largest absolute Gasteiger partial charge is 0.379 e. The number of benzene rings is 1. The number of amides is 2. The molecule has 278 valence electrons. The molecule has 52 heavy (non-hydrogen) atoms. The number of pyridine rings is 1. The number of terminal acetylenes is 1. The number of imidazole rings is 1. The lowest BCUT2D eigenvalue weighted by Gasteiger charge is -2.46. The Bertz CT molecular complexity index is 1750. The van der Waals surface area contributed by atoms with Gasteiger partial charge in [-0.1, -0.05) is 24.1 Å². The zero-order chi connectivity index (χ0) is 36.8. The van der Waals surface area contributed by atoms with Crippen molar-refractivity contribution >= 4 is 51.9 Å². The second-order valence-electron chi connectivity index (χ2n) is 12.4. The maximum atomic E-state index is 14.2. The van der Waals surface area contributed by atoms with Gasteiger partial charge >= 0.3 is 0 Å². The van der Waals surface area contributed by atoms with Gasteiger partial charge in [0.15, 0.2) is 0 Å². The van der Waals surface area contributed by atoms with Crippen LogP contribution in [0.15, 0.2) is 59.6 Å². The normalized spacial score (nSPS) is 14.9. The molecule has 0 aliphatic carbocycles. The van der Waals surface area contributed by atoms with E-state index < -0.39 is 5.41 Å². The zero-order valence-corrected chi connectivity index (χ0v) is 31.2. The Balaban J connectivity index is 1.09. The molecule has 2 aliphatic heterocycles. The Labute approximate surface area is 314 Å². The van der Waals surface area contributed by atoms with Crippen LogP contribution in [0.5, 0.6) is 0 Å². The first-order valence-corrected chi connectivity index (χ1v) is 18.7. The molecular formula is C38H46ClN5O7S. The standard InChI is InChI=1S/C38H46ClN5O7S/c1-4-13-47-15-17-49-19-21-51-22-20-50-18-16-48-14-7-6-12-43-33-9-8-30(39)23-32(33)41-35(43)25-44-34-24-40-11-10-31(34)38(37(44)46)27-42(28-38)36(45)29(3)26-52-5-2/h1,5,8-11,23-24,26H,2,6-7,12-22,25,27-28H2,3H3/b29-26+. The van der Waals surface area contributed by atoms with Crippen LogP contribution in [0.4, 0.5) is 5.69 Å². The number of fused-ring (bicyclic) bond motifs is 3. The molecule has 14 heteroatoms. The molecule has 1 spiro atoms. The topological polar surface area (TPSA) is 117 Å². The number of nitrogens with zero attached hydrogens (tertiary/aromatic N) is 5. The van der Waals surface area contributed by atoms with E-state index >= 15 is 0 Å². The Kier molecular flexibility index (Phi) is 15.1. The van der Waals surface area contributed by atoms with Crippen molar-refractivity contribution in [3.8, 4) is 12.3 Å². The molecule has 0 N–H and O–H groups in total. The van der Waals surface area contributed by atoms with Crippen LogP contribution in [0, 0.1) is 12.3 Å². The van der Waals surface area contributed by atoms with E-state index in [-0.39, 0.29) is 18.4 Å². The van der Waals surface area contributed by atoms with Gasteiger partial charge in [0.05, 0.1) is 82.3 Å². The van der Waals surface area contributed by atoms with Crippen molar-refractivity contribution in [1.82, 2.24) is 19.4 Å². The van der Waals surface area contributed by atoms with Crippen molar-refractivity contribution in [2.24, 2.45) is 0 Å². The highest BCUT2D eigenvalue weighted by atomic mass is 35.5. The summed E-state index contributed by atoms with van der Waals surface area (Å²) in [6.07, 6.45) is 10.2. The first-order valence-electron chi connectivity index (χ1n) is 17.4. The van der Waals surface area contributed by atoms with Crippen LogP contribution in [0.1, 0.15) is 31.2 Å². The van der Waals surface area contributed by atoms with Gasteiger partial charge in [0.2, 0.25) is 11.8 Å². The summed E-state index contributed by atoms with van der Waals surface area (Å²) in [5.74, 6) is 3.03. The number of ether oxygens (including phenoxy) is 5. The summed E-state index contributed by atoms with van der Waals surface area (Å²) in [5, 5.41) is 4.05. The molecule has 2 aromatic heterocycles. The average Bonchev–Trinajstić information content (AvgIpc) is 3.59. The Morgan fingerprint density at radius 2 is 1.69 bits per heavy atom. The average molecular weight is 752 g/mol. The lowest BCUT2D eigenvalue weighted by Crippen LogP contribution is -2.65. The highest BCUT2D eigenvalue weighted by Crippen LogP contribution is 2.48. The highest BCUT2D eigenvalue weighted by molar-refractivity contribution is 8.04. The molecule has 1 fully saturated rings. The van der Waals surface area contributed by atoms with Crippen molar-refractivity contribution in [2.75, 3.05) is 84.1 Å². The predicted octanol–water partition coefficient (Wildman–Crippen LogP) is 4.99. The molecule has 0 bridgehead atoms. The van der Waals surface area contributed by atoms with Gasteiger partial charge in [0.1, 0.15) is 17.8 Å². The molecule has 2 amide bonds. The second kappa shape index (κ2) is 19.9. The molecule has 0 saturated carbocycles. The SMILES string of the molecule is C#CCOCCOCCOCCOCCOCCCCn1c(CN2C(=O)C3(CN(C(=O)/C(C)=C/SC=C)C3)c3ccncc32)nc2cc(Cl)ccc21. The van der Waals surface area contributed by atoms with Crippen LogP contribution in [-0.4, -0.2) is 110 Å². The van der Waals surface area contributed by atoms with E-state index in [0.29, 0.717) is 96.3 Å². The second-order valence-corrected chi connectivity index (χ2v) is 13.6. The number of carbonyl (C=O) groups excluding carboxylic acids is 2. The Hall–Kier alpha value is -3.74. The fraction of sp³-hybridized carbons (Fsp3) is 0.474. The minimum atomic E-state index is -0.804. The molecule has 5 rings (SSSR count). The Morgan fingerprint density at radius 1 is 1.02 bits per heavy atom. The van der Waals surface area contributed by atoms with Crippen molar-refractivity contribution in [3.05, 3.63) is 76.0 Å². The van der Waals surface area contributed by atoms with Crippen molar-refractivity contribution in [1.29, 1.82) is 0 Å². The van der Waals surface area contributed by atoms with Crippen molar-refractivity contribution in [3.63, 3.8) is 0 Å². The molecule has 0 unspecified atom stereocenters. The minimum Gasteiger partial charge on any atom is -0.379 e. The van der Waals surface area contributed by atoms with Crippen molar-refractivity contribution in [2.45, 2.75) is 38.3 Å². The number of unbranched alkanes of at least 4 members (excludes halogenated alkanes) is 1. The molecular weight excluding hydrogens is 706 g/mol. The van der Waals surface area contributed by atoms with Gasteiger partial charge in [0.25, 0.3) is 0 Å². The van der Waals surface area contributed by atoms with Crippen LogP contribution >= 0.6 is 23.4 Å². The third-order valence-corrected chi connectivity index (χ3v) is 9.75. The summed E-state index contributed by atoms with van der Waals surface area (Å²) in [5.41, 5.74) is 3.17. The number of carbonyl (C=O) groups is 2. The number of aromatic nitrogens is 3. The monoisotopic (exact) mass is 751 g/mol. The van der Waals surface area contributed by atoms with Crippen LogP contribution in [0.25, 0.3) is 11.0 Å². The van der Waals surface area contributed by atoms with Crippen LogP contribution < -0.4 is 4.90 Å². The number of hydrogen-bond donors (Lipinski definition) is 0. The quantitative estimate of drug-likeness (QED) is 0.0746. The number of likely N-dealkylation sites (tertiary alicyclic amines) is 1. The molecule has 1 saturated heterocycles. The maximum Gasteiger partial charge on any atom is 0.250 e. The molecule has 2 aliphatic rings. The van der Waals surface area contributed by atoms with Gasteiger partial charge < -0.3 is 38.1 Å². The summed E-state index contributed by atoms with van der Waals surface area (Å²) in [4.78, 5) is 40.0. The minimum absolute atomic E-state index is 0.0483. The molecule has 12 nitrogen and oxygen atoms in total. The summed E-state index contributed by atoms with van der Waals surface area (Å²) in [6.45, 7) is 11.8. The van der Waals surface area contributed by atoms with E-state index in [9.17, 15) is 9.59 Å². The van der Waals surface area contributed by atoms with E-state index in [4.69, 9.17) is 46.7 Å². The molecule has 0 radical (unpaired) electrons. The fourth-order valence-electron chi connectivity index (χ4n) is 6.30. The lowest BCUT2D eigenvalue weighted by atomic mass is 9.74. The first-order chi connectivity index (χ1) is 25.4. The lowest BCUT2D eigenvalue weighted by molar-refractivity contribution is -0.141. The van der Waals surface area contributed by atoms with Gasteiger partial charge in [0, 0.05) is 43.0 Å². The molecule has 4 heterocycles. The summed E-state index contributed by atoms with van der Waals surface area (Å²) in [7, 11) is 0. The maximum absolute atomic E-state index is 14.2. The van der Waals surface area contributed by atoms with E-state index in [1.807, 2.05) is 24.3 Å². The van der Waals surface area contributed by atoms with Gasteiger partial charge in [-0.2, -0.15) is 0 Å². The third-order valence-electron chi connectivity index (χ3n) is 8.83. The van der Waals surface area contributed by atoms with E-state index in [2.05, 4.69) is 22.1 Å². The summed E-state index contributed by atoms with van der Waals surface area (Å²) in [6, 6.07) is 7.56. The van der Waals surface area contributed by atoms with Gasteiger partial charge in [-0.3, -0.25) is 14.6 Å².